The summed E-state index contributed by atoms with van der Waals surface area (Å²) in [6.45, 7) is 6.32. The largest absolute Gasteiger partial charge is 0.495 e. The molecule has 1 heterocycles. The van der Waals surface area contributed by atoms with E-state index in [-0.39, 0.29) is 17.5 Å². The number of hydrogen-bond acceptors (Lipinski definition) is 6. The van der Waals surface area contributed by atoms with E-state index in [9.17, 15) is 9.18 Å². The molecule has 0 atom stereocenters. The zero-order valence-electron chi connectivity index (χ0n) is 18.0. The van der Waals surface area contributed by atoms with Crippen LogP contribution in [-0.4, -0.2) is 33.5 Å². The zero-order valence-corrected chi connectivity index (χ0v) is 19.6. The van der Waals surface area contributed by atoms with E-state index in [1.165, 1.54) is 23.9 Å². The summed E-state index contributed by atoms with van der Waals surface area (Å²) in [6, 6.07) is 12.1. The third-order valence-corrected chi connectivity index (χ3v) is 6.45. The predicted molar refractivity (Wildman–Crippen MR) is 129 cm³/mol. The van der Waals surface area contributed by atoms with E-state index in [4.69, 9.17) is 4.74 Å². The van der Waals surface area contributed by atoms with Crippen LogP contribution in [0.2, 0.25) is 0 Å². The van der Waals surface area contributed by atoms with Gasteiger partial charge in [0.05, 0.1) is 24.3 Å². The molecule has 0 saturated heterocycles. The third-order valence-electron chi connectivity index (χ3n) is 4.48. The lowest BCUT2D eigenvalue weighted by atomic mass is 10.2. The van der Waals surface area contributed by atoms with Crippen molar-refractivity contribution in [1.29, 1.82) is 0 Å². The minimum absolute atomic E-state index is 0.153. The molecular weight excluding hydrogens is 447 g/mol. The van der Waals surface area contributed by atoms with Crippen molar-refractivity contribution in [3.05, 3.63) is 77.9 Å². The van der Waals surface area contributed by atoms with E-state index in [2.05, 4.69) is 22.1 Å². The smallest absolute Gasteiger partial charge is 0.234 e. The highest BCUT2D eigenvalue weighted by atomic mass is 32.2. The number of rotatable bonds is 11. The van der Waals surface area contributed by atoms with Gasteiger partial charge in [0.15, 0.2) is 5.16 Å². The quantitative estimate of drug-likeness (QED) is 0.310. The molecular formula is C23H25FN4O2S2. The molecule has 0 aliphatic carbocycles. The molecule has 168 valence electrons. The first-order chi connectivity index (χ1) is 15.5. The molecule has 6 nitrogen and oxygen atoms in total. The summed E-state index contributed by atoms with van der Waals surface area (Å²) in [5.74, 6) is 2.60. The topological polar surface area (TPSA) is 69.0 Å². The first-order valence-corrected chi connectivity index (χ1v) is 12.1. The second kappa shape index (κ2) is 11.7. The van der Waals surface area contributed by atoms with Crippen molar-refractivity contribution in [3.8, 4) is 5.75 Å². The van der Waals surface area contributed by atoms with Crippen LogP contribution in [0, 0.1) is 12.7 Å². The Hall–Kier alpha value is -2.78. The summed E-state index contributed by atoms with van der Waals surface area (Å²) >= 11 is 2.99. The number of aryl methyl sites for hydroxylation is 1. The Morgan fingerprint density at radius 2 is 2.00 bits per heavy atom. The normalized spacial score (nSPS) is 10.7. The average molecular weight is 473 g/mol. The molecule has 0 fully saturated rings. The van der Waals surface area contributed by atoms with Gasteiger partial charge in [0.1, 0.15) is 17.4 Å². The molecule has 2 aromatic carbocycles. The van der Waals surface area contributed by atoms with E-state index >= 15 is 0 Å². The fourth-order valence-corrected chi connectivity index (χ4v) is 4.61. The van der Waals surface area contributed by atoms with Gasteiger partial charge in [0.2, 0.25) is 5.91 Å². The van der Waals surface area contributed by atoms with E-state index in [0.29, 0.717) is 28.9 Å². The summed E-state index contributed by atoms with van der Waals surface area (Å²) in [5.41, 5.74) is 2.72. The molecule has 32 heavy (non-hydrogen) atoms. The van der Waals surface area contributed by atoms with E-state index in [0.717, 1.165) is 22.7 Å². The molecule has 1 aromatic heterocycles. The number of hydrogen-bond donors (Lipinski definition) is 1. The van der Waals surface area contributed by atoms with Gasteiger partial charge in [0.25, 0.3) is 0 Å². The predicted octanol–water partition coefficient (Wildman–Crippen LogP) is 5.08. The van der Waals surface area contributed by atoms with Crippen molar-refractivity contribution in [3.63, 3.8) is 0 Å². The van der Waals surface area contributed by atoms with Crippen molar-refractivity contribution >= 4 is 35.1 Å². The fourth-order valence-electron chi connectivity index (χ4n) is 2.92. The summed E-state index contributed by atoms with van der Waals surface area (Å²) in [5, 5.41) is 12.1. The highest BCUT2D eigenvalue weighted by Gasteiger charge is 2.15. The first-order valence-electron chi connectivity index (χ1n) is 9.92. The molecule has 0 saturated carbocycles. The van der Waals surface area contributed by atoms with Crippen LogP contribution in [0.3, 0.4) is 0 Å². The van der Waals surface area contributed by atoms with Gasteiger partial charge in [-0.25, -0.2) is 4.39 Å². The van der Waals surface area contributed by atoms with Crippen molar-refractivity contribution in [2.75, 3.05) is 18.2 Å². The van der Waals surface area contributed by atoms with Crippen molar-refractivity contribution in [2.45, 2.75) is 30.1 Å². The lowest BCUT2D eigenvalue weighted by Crippen LogP contribution is -2.15. The summed E-state index contributed by atoms with van der Waals surface area (Å²) in [4.78, 5) is 12.5. The van der Waals surface area contributed by atoms with Crippen LogP contribution in [0.25, 0.3) is 0 Å². The molecule has 0 aliphatic rings. The van der Waals surface area contributed by atoms with Gasteiger partial charge in [-0.3, -0.25) is 4.79 Å². The van der Waals surface area contributed by atoms with Gasteiger partial charge in [-0.2, -0.15) is 0 Å². The Labute approximate surface area is 195 Å². The standard InChI is InChI=1S/C23H25FN4O2S2/c1-4-11-28-21(14-31-13-17-6-8-18(24)9-7-17)26-27-23(28)32-15-22(29)25-19-12-16(2)5-10-20(19)30-3/h4-10,12H,1,11,13-15H2,2-3H3,(H,25,29). The number of ether oxygens (including phenoxy) is 1. The highest BCUT2D eigenvalue weighted by Crippen LogP contribution is 2.26. The molecule has 1 amide bonds. The summed E-state index contributed by atoms with van der Waals surface area (Å²) in [6.07, 6.45) is 1.78. The molecule has 0 unspecified atom stereocenters. The maximum absolute atomic E-state index is 13.0. The van der Waals surface area contributed by atoms with E-state index < -0.39 is 0 Å². The number of allylic oxidation sites excluding steroid dienone is 1. The number of methoxy groups -OCH3 is 1. The summed E-state index contributed by atoms with van der Waals surface area (Å²) < 4.78 is 20.3. The van der Waals surface area contributed by atoms with E-state index in [1.807, 2.05) is 29.7 Å². The Morgan fingerprint density at radius 1 is 1.22 bits per heavy atom. The molecule has 0 bridgehead atoms. The lowest BCUT2D eigenvalue weighted by molar-refractivity contribution is -0.113. The number of halogens is 1. The van der Waals surface area contributed by atoms with Crippen LogP contribution in [0.15, 0.2) is 60.3 Å². The molecule has 3 aromatic rings. The zero-order chi connectivity index (χ0) is 22.9. The maximum atomic E-state index is 13.0. The molecule has 0 radical (unpaired) electrons. The third kappa shape index (κ3) is 6.61. The number of anilines is 1. The van der Waals surface area contributed by atoms with Crippen LogP contribution in [0.4, 0.5) is 10.1 Å². The summed E-state index contributed by atoms with van der Waals surface area (Å²) in [7, 11) is 1.57. The van der Waals surface area contributed by atoms with Crippen molar-refractivity contribution in [2.24, 2.45) is 0 Å². The molecule has 3 rings (SSSR count). The van der Waals surface area contributed by atoms with Crippen molar-refractivity contribution < 1.29 is 13.9 Å². The monoisotopic (exact) mass is 472 g/mol. The Morgan fingerprint density at radius 3 is 2.72 bits per heavy atom. The molecule has 0 aliphatic heterocycles. The van der Waals surface area contributed by atoms with Crippen LogP contribution >= 0.6 is 23.5 Å². The van der Waals surface area contributed by atoms with Gasteiger partial charge >= 0.3 is 0 Å². The average Bonchev–Trinajstić information content (AvgIpc) is 3.16. The number of nitrogens with one attached hydrogen (secondary N) is 1. The Balaban J connectivity index is 1.58. The van der Waals surface area contributed by atoms with Gasteiger partial charge in [-0.05, 0) is 42.3 Å². The van der Waals surface area contributed by atoms with Crippen LogP contribution in [0.5, 0.6) is 5.75 Å². The van der Waals surface area contributed by atoms with Crippen molar-refractivity contribution in [1.82, 2.24) is 14.8 Å². The van der Waals surface area contributed by atoms with E-state index in [1.54, 1.807) is 37.1 Å². The van der Waals surface area contributed by atoms with Gasteiger partial charge < -0.3 is 14.6 Å². The number of aromatic nitrogens is 3. The number of nitrogens with zero attached hydrogens (tertiary/aromatic N) is 3. The number of benzene rings is 2. The Kier molecular flexibility index (Phi) is 8.75. The maximum Gasteiger partial charge on any atom is 0.234 e. The molecule has 0 spiro atoms. The second-order valence-electron chi connectivity index (χ2n) is 6.96. The van der Waals surface area contributed by atoms with Crippen LogP contribution in [-0.2, 0) is 22.8 Å². The number of carbonyl (C=O) groups is 1. The fraction of sp³-hybridized carbons (Fsp3) is 0.261. The minimum Gasteiger partial charge on any atom is -0.495 e. The Bertz CT molecular complexity index is 1070. The van der Waals surface area contributed by atoms with Crippen LogP contribution in [0.1, 0.15) is 17.0 Å². The first kappa shape index (κ1) is 23.9. The lowest BCUT2D eigenvalue weighted by Gasteiger charge is -2.11. The van der Waals surface area contributed by atoms with Gasteiger partial charge in [0, 0.05) is 12.3 Å². The number of carbonyl (C=O) groups excluding carboxylic acids is 1. The van der Waals surface area contributed by atoms with Gasteiger partial charge in [-0.15, -0.1) is 28.5 Å². The molecule has 1 N–H and O–H groups in total. The number of amides is 1. The minimum atomic E-state index is -0.240. The SMILES string of the molecule is C=CCn1c(CSCc2ccc(F)cc2)nnc1SCC(=O)Nc1cc(C)ccc1OC. The highest BCUT2D eigenvalue weighted by molar-refractivity contribution is 7.99. The molecule has 9 heteroatoms. The number of thioether (sulfide) groups is 2. The van der Waals surface area contributed by atoms with Gasteiger partial charge in [-0.1, -0.05) is 36.0 Å². The van der Waals surface area contributed by atoms with Crippen LogP contribution < -0.4 is 10.1 Å². The second-order valence-corrected chi connectivity index (χ2v) is 8.89.